The Hall–Kier alpha value is -1.11. The number of benzene rings is 1. The molecule has 2 fully saturated rings. The number of sulfonamides is 1. The summed E-state index contributed by atoms with van der Waals surface area (Å²) in [6, 6.07) is 6.83. The Labute approximate surface area is 119 Å². The van der Waals surface area contributed by atoms with Crippen LogP contribution in [-0.4, -0.2) is 38.8 Å². The lowest BCUT2D eigenvalue weighted by Gasteiger charge is -2.48. The molecule has 0 spiro atoms. The van der Waals surface area contributed by atoms with Crippen molar-refractivity contribution in [2.75, 3.05) is 24.5 Å². The van der Waals surface area contributed by atoms with Gasteiger partial charge < -0.3 is 10.0 Å². The van der Waals surface area contributed by atoms with E-state index in [1.807, 2.05) is 0 Å². The van der Waals surface area contributed by atoms with Crippen molar-refractivity contribution in [3.63, 3.8) is 0 Å². The zero-order valence-corrected chi connectivity index (χ0v) is 12.4. The topological polar surface area (TPSA) is 69.6 Å². The van der Waals surface area contributed by atoms with Crippen LogP contribution in [0.1, 0.15) is 19.8 Å². The van der Waals surface area contributed by atoms with E-state index in [1.165, 1.54) is 0 Å². The summed E-state index contributed by atoms with van der Waals surface area (Å²) in [5.74, 6) is 0.465. The molecule has 1 aromatic carbocycles. The van der Waals surface area contributed by atoms with Crippen molar-refractivity contribution in [3.8, 4) is 0 Å². The SMILES string of the molecule is CCNS(=O)(=O)c1ccc(N2CC(O)(C3CC3)C2)cc1. The molecular formula is C14H20N2O3S. The molecule has 1 heterocycles. The molecule has 1 saturated heterocycles. The first-order valence-electron chi connectivity index (χ1n) is 7.02. The second-order valence-corrected chi connectivity index (χ2v) is 7.50. The van der Waals surface area contributed by atoms with Crippen molar-refractivity contribution in [2.45, 2.75) is 30.3 Å². The molecule has 0 radical (unpaired) electrons. The van der Waals surface area contributed by atoms with Crippen LogP contribution in [-0.2, 0) is 10.0 Å². The summed E-state index contributed by atoms with van der Waals surface area (Å²) >= 11 is 0. The van der Waals surface area contributed by atoms with E-state index in [9.17, 15) is 13.5 Å². The van der Waals surface area contributed by atoms with Gasteiger partial charge in [-0.15, -0.1) is 0 Å². The minimum absolute atomic E-state index is 0.279. The lowest BCUT2D eigenvalue weighted by atomic mass is 9.88. The van der Waals surface area contributed by atoms with E-state index in [0.717, 1.165) is 18.5 Å². The van der Waals surface area contributed by atoms with Crippen LogP contribution in [0.3, 0.4) is 0 Å². The third-order valence-corrected chi connectivity index (χ3v) is 5.67. The van der Waals surface area contributed by atoms with E-state index in [2.05, 4.69) is 9.62 Å². The average molecular weight is 296 g/mol. The molecule has 0 atom stereocenters. The van der Waals surface area contributed by atoms with E-state index < -0.39 is 15.6 Å². The van der Waals surface area contributed by atoms with E-state index in [4.69, 9.17) is 0 Å². The number of hydrogen-bond donors (Lipinski definition) is 2. The minimum atomic E-state index is -3.39. The van der Waals surface area contributed by atoms with E-state index >= 15 is 0 Å². The lowest BCUT2D eigenvalue weighted by molar-refractivity contribution is -0.00930. The van der Waals surface area contributed by atoms with Gasteiger partial charge in [0, 0.05) is 25.3 Å². The van der Waals surface area contributed by atoms with Gasteiger partial charge in [-0.25, -0.2) is 13.1 Å². The van der Waals surface area contributed by atoms with Crippen LogP contribution in [0.2, 0.25) is 0 Å². The monoisotopic (exact) mass is 296 g/mol. The highest BCUT2D eigenvalue weighted by Gasteiger charge is 2.51. The third kappa shape index (κ3) is 2.43. The molecule has 110 valence electrons. The Balaban J connectivity index is 1.68. The molecule has 1 aliphatic carbocycles. The van der Waals surface area contributed by atoms with Crippen LogP contribution in [0.15, 0.2) is 29.2 Å². The standard InChI is InChI=1S/C14H20N2O3S/c1-2-15-20(18,19)13-7-5-12(6-8-13)16-9-14(17,10-16)11-3-4-11/h5-8,11,15,17H,2-4,9-10H2,1H3. The molecule has 6 heteroatoms. The molecule has 2 N–H and O–H groups in total. The molecule has 0 unspecified atom stereocenters. The lowest BCUT2D eigenvalue weighted by Crippen LogP contribution is -2.63. The summed E-state index contributed by atoms with van der Waals surface area (Å²) < 4.78 is 26.1. The molecule has 5 nitrogen and oxygen atoms in total. The van der Waals surface area contributed by atoms with Crippen LogP contribution in [0.4, 0.5) is 5.69 Å². The fourth-order valence-electron chi connectivity index (χ4n) is 2.79. The van der Waals surface area contributed by atoms with Crippen molar-refractivity contribution in [2.24, 2.45) is 5.92 Å². The van der Waals surface area contributed by atoms with Gasteiger partial charge in [0.15, 0.2) is 0 Å². The Morgan fingerprint density at radius 2 is 1.90 bits per heavy atom. The molecule has 1 aromatic rings. The summed E-state index contributed by atoms with van der Waals surface area (Å²) in [5, 5.41) is 10.3. The number of rotatable bonds is 5. The second-order valence-electron chi connectivity index (χ2n) is 5.73. The van der Waals surface area contributed by atoms with Crippen molar-refractivity contribution in [3.05, 3.63) is 24.3 Å². The van der Waals surface area contributed by atoms with Crippen LogP contribution >= 0.6 is 0 Å². The number of aliphatic hydroxyl groups is 1. The number of nitrogens with zero attached hydrogens (tertiary/aromatic N) is 1. The first-order chi connectivity index (χ1) is 9.44. The highest BCUT2D eigenvalue weighted by atomic mass is 32.2. The normalized spacial score (nSPS) is 21.6. The van der Waals surface area contributed by atoms with E-state index in [1.54, 1.807) is 31.2 Å². The maximum Gasteiger partial charge on any atom is 0.240 e. The van der Waals surface area contributed by atoms with Gasteiger partial charge in [-0.2, -0.15) is 0 Å². The Bertz CT molecular complexity index is 587. The number of anilines is 1. The number of β-amino-alcohol motifs (C(OH)–C–C–N with tert-alkyl or cyclic N) is 1. The minimum Gasteiger partial charge on any atom is -0.386 e. The molecule has 20 heavy (non-hydrogen) atoms. The summed E-state index contributed by atoms with van der Waals surface area (Å²) in [6.07, 6.45) is 2.26. The first-order valence-corrected chi connectivity index (χ1v) is 8.50. The van der Waals surface area contributed by atoms with Gasteiger partial charge in [-0.1, -0.05) is 6.92 Å². The predicted octanol–water partition coefficient (Wildman–Crippen LogP) is 0.946. The Morgan fingerprint density at radius 1 is 1.30 bits per heavy atom. The van der Waals surface area contributed by atoms with Crippen LogP contribution in [0, 0.1) is 5.92 Å². The highest BCUT2D eigenvalue weighted by Crippen LogP contribution is 2.45. The summed E-state index contributed by atoms with van der Waals surface area (Å²) in [6.45, 7) is 3.43. The zero-order valence-electron chi connectivity index (χ0n) is 11.5. The molecule has 0 bridgehead atoms. The quantitative estimate of drug-likeness (QED) is 0.848. The van der Waals surface area contributed by atoms with Gasteiger partial charge in [0.2, 0.25) is 10.0 Å². The molecule has 0 aromatic heterocycles. The van der Waals surface area contributed by atoms with Crippen molar-refractivity contribution in [1.29, 1.82) is 0 Å². The highest BCUT2D eigenvalue weighted by molar-refractivity contribution is 7.89. The van der Waals surface area contributed by atoms with Crippen LogP contribution < -0.4 is 9.62 Å². The molecular weight excluding hydrogens is 276 g/mol. The third-order valence-electron chi connectivity index (χ3n) is 4.11. The van der Waals surface area contributed by atoms with Crippen LogP contribution in [0.5, 0.6) is 0 Å². The van der Waals surface area contributed by atoms with E-state index in [0.29, 0.717) is 25.6 Å². The average Bonchev–Trinajstić information content (AvgIpc) is 3.19. The number of nitrogens with one attached hydrogen (secondary N) is 1. The van der Waals surface area contributed by atoms with Crippen molar-refractivity contribution >= 4 is 15.7 Å². The Morgan fingerprint density at radius 3 is 2.40 bits per heavy atom. The number of hydrogen-bond acceptors (Lipinski definition) is 4. The molecule has 1 aliphatic heterocycles. The summed E-state index contributed by atoms with van der Waals surface area (Å²) in [5.41, 5.74) is 0.444. The second kappa shape index (κ2) is 4.72. The van der Waals surface area contributed by atoms with Gasteiger partial charge >= 0.3 is 0 Å². The van der Waals surface area contributed by atoms with Crippen molar-refractivity contribution in [1.82, 2.24) is 4.72 Å². The smallest absolute Gasteiger partial charge is 0.240 e. The van der Waals surface area contributed by atoms with Gasteiger partial charge in [0.05, 0.1) is 4.90 Å². The molecule has 2 aliphatic rings. The van der Waals surface area contributed by atoms with Gasteiger partial charge in [0.25, 0.3) is 0 Å². The van der Waals surface area contributed by atoms with Crippen LogP contribution in [0.25, 0.3) is 0 Å². The fourth-order valence-corrected chi connectivity index (χ4v) is 3.83. The fraction of sp³-hybridized carbons (Fsp3) is 0.571. The maximum absolute atomic E-state index is 11.8. The molecule has 0 amide bonds. The van der Waals surface area contributed by atoms with E-state index in [-0.39, 0.29) is 4.90 Å². The van der Waals surface area contributed by atoms with Crippen molar-refractivity contribution < 1.29 is 13.5 Å². The molecule has 3 rings (SSSR count). The largest absolute Gasteiger partial charge is 0.386 e. The summed E-state index contributed by atoms with van der Waals surface area (Å²) in [4.78, 5) is 2.36. The van der Waals surface area contributed by atoms with Gasteiger partial charge in [-0.3, -0.25) is 0 Å². The summed E-state index contributed by atoms with van der Waals surface area (Å²) in [7, 11) is -3.39. The predicted molar refractivity (Wildman–Crippen MR) is 77.2 cm³/mol. The zero-order chi connectivity index (χ0) is 14.4. The van der Waals surface area contributed by atoms with Gasteiger partial charge in [0.1, 0.15) is 5.60 Å². The molecule has 1 saturated carbocycles. The maximum atomic E-state index is 11.8. The first kappa shape index (κ1) is 13.9. The Kier molecular flexibility index (Phi) is 3.27. The van der Waals surface area contributed by atoms with Gasteiger partial charge in [-0.05, 0) is 43.0 Å².